The molecule has 0 spiro atoms. The molecule has 1 saturated heterocycles. The molecule has 1 aromatic rings. The first kappa shape index (κ1) is 13.1. The molecule has 1 amide bonds. The summed E-state index contributed by atoms with van der Waals surface area (Å²) in [6, 6.07) is 7.39. The van der Waals surface area contributed by atoms with Crippen molar-refractivity contribution >= 4 is 5.91 Å². The van der Waals surface area contributed by atoms with E-state index in [1.807, 2.05) is 12.1 Å². The van der Waals surface area contributed by atoms with Crippen LogP contribution in [0.2, 0.25) is 0 Å². The Morgan fingerprint density at radius 2 is 2.17 bits per heavy atom. The van der Waals surface area contributed by atoms with Crippen LogP contribution in [0, 0.1) is 0 Å². The van der Waals surface area contributed by atoms with Gasteiger partial charge in [0.25, 0.3) is 0 Å². The highest BCUT2D eigenvalue weighted by Crippen LogP contribution is 2.14. The monoisotopic (exact) mass is 248 g/mol. The van der Waals surface area contributed by atoms with Gasteiger partial charge in [-0.1, -0.05) is 12.1 Å². The predicted molar refractivity (Wildman–Crippen MR) is 70.3 cm³/mol. The lowest BCUT2D eigenvalue weighted by atomic mass is 10.1. The van der Waals surface area contributed by atoms with Crippen molar-refractivity contribution in [3.8, 4) is 0 Å². The van der Waals surface area contributed by atoms with Crippen molar-refractivity contribution in [3.63, 3.8) is 0 Å². The molecule has 98 valence electrons. The van der Waals surface area contributed by atoms with E-state index in [-0.39, 0.29) is 5.91 Å². The summed E-state index contributed by atoms with van der Waals surface area (Å²) in [7, 11) is 0. The average Bonchev–Trinajstić information content (AvgIpc) is 2.88. The zero-order valence-electron chi connectivity index (χ0n) is 10.5. The van der Waals surface area contributed by atoms with Crippen molar-refractivity contribution < 1.29 is 9.53 Å². The summed E-state index contributed by atoms with van der Waals surface area (Å²) in [5.74, 6) is -0.382. The van der Waals surface area contributed by atoms with Crippen LogP contribution in [0.1, 0.15) is 35.2 Å². The Labute approximate surface area is 108 Å². The van der Waals surface area contributed by atoms with Gasteiger partial charge in [0.15, 0.2) is 0 Å². The van der Waals surface area contributed by atoms with Gasteiger partial charge in [-0.3, -0.25) is 4.79 Å². The summed E-state index contributed by atoms with van der Waals surface area (Å²) in [5.41, 5.74) is 6.90. The number of carbonyl (C=O) groups excluding carboxylic acids is 1. The second-order valence-electron chi connectivity index (χ2n) is 4.66. The smallest absolute Gasteiger partial charge is 0.248 e. The number of primary amides is 1. The fourth-order valence-electron chi connectivity index (χ4n) is 2.15. The van der Waals surface area contributed by atoms with Gasteiger partial charge in [-0.2, -0.15) is 0 Å². The van der Waals surface area contributed by atoms with Crippen molar-refractivity contribution in [2.24, 2.45) is 5.73 Å². The molecule has 1 atom stereocenters. The molecule has 4 heteroatoms. The number of rotatable bonds is 6. The maximum absolute atomic E-state index is 10.9. The summed E-state index contributed by atoms with van der Waals surface area (Å²) in [6.45, 7) is 2.69. The zero-order chi connectivity index (χ0) is 12.8. The number of ether oxygens (including phenoxy) is 1. The quantitative estimate of drug-likeness (QED) is 0.749. The van der Waals surface area contributed by atoms with Gasteiger partial charge in [0, 0.05) is 18.7 Å². The summed E-state index contributed by atoms with van der Waals surface area (Å²) in [6.07, 6.45) is 3.89. The minimum absolute atomic E-state index is 0.382. The van der Waals surface area contributed by atoms with E-state index in [1.165, 1.54) is 12.8 Å². The van der Waals surface area contributed by atoms with Crippen molar-refractivity contribution in [3.05, 3.63) is 35.4 Å². The highest BCUT2D eigenvalue weighted by atomic mass is 16.5. The Morgan fingerprint density at radius 1 is 1.39 bits per heavy atom. The minimum atomic E-state index is -0.382. The van der Waals surface area contributed by atoms with Gasteiger partial charge in [0.2, 0.25) is 5.91 Å². The summed E-state index contributed by atoms with van der Waals surface area (Å²) in [5, 5.41) is 3.38. The van der Waals surface area contributed by atoms with Gasteiger partial charge in [-0.15, -0.1) is 0 Å². The second-order valence-corrected chi connectivity index (χ2v) is 4.66. The van der Waals surface area contributed by atoms with E-state index in [9.17, 15) is 4.79 Å². The third kappa shape index (κ3) is 3.82. The molecular formula is C14H20N2O2. The molecular weight excluding hydrogens is 228 g/mol. The Kier molecular flexibility index (Phi) is 4.73. The van der Waals surface area contributed by atoms with Crippen LogP contribution in [0.4, 0.5) is 0 Å². The molecule has 3 N–H and O–H groups in total. The molecule has 1 aliphatic rings. The number of benzene rings is 1. The number of amides is 1. The number of carbonyl (C=O) groups is 1. The Balaban J connectivity index is 1.68. The lowest BCUT2D eigenvalue weighted by molar-refractivity contribution is 0.1000. The number of hydrogen-bond acceptors (Lipinski definition) is 3. The van der Waals surface area contributed by atoms with Gasteiger partial charge < -0.3 is 15.8 Å². The molecule has 0 aromatic heterocycles. The predicted octanol–water partition coefficient (Wildman–Crippen LogP) is 1.44. The van der Waals surface area contributed by atoms with E-state index >= 15 is 0 Å². The summed E-state index contributed by atoms with van der Waals surface area (Å²) in [4.78, 5) is 10.9. The van der Waals surface area contributed by atoms with E-state index in [4.69, 9.17) is 10.5 Å². The molecule has 4 nitrogen and oxygen atoms in total. The Hall–Kier alpha value is -1.39. The molecule has 1 aromatic carbocycles. The second kappa shape index (κ2) is 6.52. The fourth-order valence-corrected chi connectivity index (χ4v) is 2.15. The van der Waals surface area contributed by atoms with E-state index in [0.717, 1.165) is 31.7 Å². The van der Waals surface area contributed by atoms with Crippen LogP contribution in [0.3, 0.4) is 0 Å². The SMILES string of the molecule is NC(=O)c1ccc(CNCCC2CCCO2)cc1. The van der Waals surface area contributed by atoms with Crippen LogP contribution in [0.5, 0.6) is 0 Å². The average molecular weight is 248 g/mol. The maximum atomic E-state index is 10.9. The molecule has 1 heterocycles. The number of nitrogens with one attached hydrogen (secondary N) is 1. The van der Waals surface area contributed by atoms with Crippen molar-refractivity contribution in [2.45, 2.75) is 31.9 Å². The Morgan fingerprint density at radius 3 is 2.78 bits per heavy atom. The lowest BCUT2D eigenvalue weighted by Crippen LogP contribution is -2.20. The summed E-state index contributed by atoms with van der Waals surface area (Å²) < 4.78 is 5.56. The molecule has 18 heavy (non-hydrogen) atoms. The first-order valence-electron chi connectivity index (χ1n) is 6.47. The van der Waals surface area contributed by atoms with Gasteiger partial charge >= 0.3 is 0 Å². The first-order chi connectivity index (χ1) is 8.75. The van der Waals surface area contributed by atoms with Crippen LogP contribution >= 0.6 is 0 Å². The van der Waals surface area contributed by atoms with E-state index in [2.05, 4.69) is 5.32 Å². The van der Waals surface area contributed by atoms with Gasteiger partial charge in [-0.05, 0) is 43.5 Å². The molecule has 0 aliphatic carbocycles. The van der Waals surface area contributed by atoms with Crippen LogP contribution in [-0.2, 0) is 11.3 Å². The van der Waals surface area contributed by atoms with Crippen molar-refractivity contribution in [2.75, 3.05) is 13.2 Å². The highest BCUT2D eigenvalue weighted by Gasteiger charge is 2.14. The van der Waals surface area contributed by atoms with E-state index < -0.39 is 0 Å². The molecule has 1 unspecified atom stereocenters. The minimum Gasteiger partial charge on any atom is -0.378 e. The van der Waals surface area contributed by atoms with E-state index in [1.54, 1.807) is 12.1 Å². The molecule has 1 fully saturated rings. The topological polar surface area (TPSA) is 64.4 Å². The normalized spacial score (nSPS) is 19.0. The number of hydrogen-bond donors (Lipinski definition) is 2. The van der Waals surface area contributed by atoms with Gasteiger partial charge in [0.1, 0.15) is 0 Å². The third-order valence-electron chi connectivity index (χ3n) is 3.23. The highest BCUT2D eigenvalue weighted by molar-refractivity contribution is 5.92. The first-order valence-corrected chi connectivity index (χ1v) is 6.47. The number of nitrogens with two attached hydrogens (primary N) is 1. The van der Waals surface area contributed by atoms with Crippen molar-refractivity contribution in [1.29, 1.82) is 0 Å². The maximum Gasteiger partial charge on any atom is 0.248 e. The molecule has 0 radical (unpaired) electrons. The molecule has 0 saturated carbocycles. The molecule has 2 rings (SSSR count). The van der Waals surface area contributed by atoms with E-state index in [0.29, 0.717) is 11.7 Å². The fraction of sp³-hybridized carbons (Fsp3) is 0.500. The van der Waals surface area contributed by atoms with Crippen LogP contribution < -0.4 is 11.1 Å². The molecule has 1 aliphatic heterocycles. The van der Waals surface area contributed by atoms with Crippen LogP contribution in [0.15, 0.2) is 24.3 Å². The Bertz CT molecular complexity index is 383. The lowest BCUT2D eigenvalue weighted by Gasteiger charge is -2.10. The zero-order valence-corrected chi connectivity index (χ0v) is 10.5. The third-order valence-corrected chi connectivity index (χ3v) is 3.23. The van der Waals surface area contributed by atoms with Crippen LogP contribution in [-0.4, -0.2) is 25.2 Å². The van der Waals surface area contributed by atoms with Crippen LogP contribution in [0.25, 0.3) is 0 Å². The molecule has 0 bridgehead atoms. The standard InChI is InChI=1S/C14H20N2O2/c15-14(17)12-5-3-11(4-6-12)10-16-8-7-13-2-1-9-18-13/h3-6,13,16H,1-2,7-10H2,(H2,15,17). The summed E-state index contributed by atoms with van der Waals surface area (Å²) >= 11 is 0. The van der Waals surface area contributed by atoms with Gasteiger partial charge in [0.05, 0.1) is 6.10 Å². The van der Waals surface area contributed by atoms with Gasteiger partial charge in [-0.25, -0.2) is 0 Å². The largest absolute Gasteiger partial charge is 0.378 e. The van der Waals surface area contributed by atoms with Crippen molar-refractivity contribution in [1.82, 2.24) is 5.32 Å².